The van der Waals surface area contributed by atoms with Crippen LogP contribution in [0.1, 0.15) is 43.2 Å². The second kappa shape index (κ2) is 7.32. The van der Waals surface area contributed by atoms with Crippen molar-refractivity contribution in [2.24, 2.45) is 17.3 Å². The van der Waals surface area contributed by atoms with Crippen molar-refractivity contribution in [3.05, 3.63) is 59.7 Å². The molecule has 0 radical (unpaired) electrons. The highest BCUT2D eigenvalue weighted by atomic mass is 16.5. The van der Waals surface area contributed by atoms with Crippen LogP contribution in [0.5, 0.6) is 0 Å². The van der Waals surface area contributed by atoms with Crippen LogP contribution in [0.25, 0.3) is 11.1 Å². The number of ether oxygens (including phenoxy) is 1. The lowest BCUT2D eigenvalue weighted by molar-refractivity contribution is -0.160. The Morgan fingerprint density at radius 3 is 2.29 bits per heavy atom. The highest BCUT2D eigenvalue weighted by Crippen LogP contribution is 2.60. The molecule has 2 atom stereocenters. The number of hydrogen-bond donors (Lipinski definition) is 2. The van der Waals surface area contributed by atoms with Crippen molar-refractivity contribution in [3.63, 3.8) is 0 Å². The minimum atomic E-state index is -1.01. The fraction of sp³-hybridized carbons (Fsp3) is 0.444. The van der Waals surface area contributed by atoms with Gasteiger partial charge in [0, 0.05) is 24.9 Å². The molecular weight excluding hydrogens is 432 g/mol. The van der Waals surface area contributed by atoms with E-state index in [-0.39, 0.29) is 35.7 Å². The summed E-state index contributed by atoms with van der Waals surface area (Å²) in [6, 6.07) is 16.4. The SMILES string of the molecule is CC12CN(C(=O)[C@@H]3C[C@@H]3CNC(=O)OCC3c4ccccc4-c4ccccc43)C(C(=O)O)(C1)C2. The molecule has 2 saturated carbocycles. The normalized spacial score (nSPS) is 30.2. The summed E-state index contributed by atoms with van der Waals surface area (Å²) in [5.41, 5.74) is 3.60. The highest BCUT2D eigenvalue weighted by molar-refractivity contribution is 5.92. The van der Waals surface area contributed by atoms with E-state index < -0.39 is 17.6 Å². The molecule has 7 nitrogen and oxygen atoms in total. The molecule has 176 valence electrons. The van der Waals surface area contributed by atoms with E-state index >= 15 is 0 Å². The third kappa shape index (κ3) is 3.13. The molecule has 2 bridgehead atoms. The van der Waals surface area contributed by atoms with Gasteiger partial charge in [-0.3, -0.25) is 4.79 Å². The van der Waals surface area contributed by atoms with Gasteiger partial charge in [-0.15, -0.1) is 0 Å². The number of rotatable bonds is 6. The molecule has 2 aromatic carbocycles. The van der Waals surface area contributed by atoms with Crippen LogP contribution in [-0.4, -0.2) is 53.2 Å². The fourth-order valence-corrected chi connectivity index (χ4v) is 6.59. The van der Waals surface area contributed by atoms with E-state index in [4.69, 9.17) is 4.74 Å². The number of hydrogen-bond acceptors (Lipinski definition) is 4. The molecule has 5 aliphatic rings. The maximum absolute atomic E-state index is 13.0. The van der Waals surface area contributed by atoms with Gasteiger partial charge in [0.15, 0.2) is 0 Å². The van der Waals surface area contributed by atoms with Gasteiger partial charge >= 0.3 is 12.1 Å². The number of amides is 2. The van der Waals surface area contributed by atoms with Gasteiger partial charge in [0.05, 0.1) is 0 Å². The maximum atomic E-state index is 13.0. The molecule has 2 saturated heterocycles. The minimum Gasteiger partial charge on any atom is -0.479 e. The largest absolute Gasteiger partial charge is 0.479 e. The van der Waals surface area contributed by atoms with E-state index in [1.165, 1.54) is 11.1 Å². The molecule has 0 spiro atoms. The Labute approximate surface area is 198 Å². The van der Waals surface area contributed by atoms with Gasteiger partial charge in [-0.1, -0.05) is 55.5 Å². The lowest BCUT2D eigenvalue weighted by Gasteiger charge is -2.42. The number of alkyl carbamates (subject to hydrolysis) is 1. The highest BCUT2D eigenvalue weighted by Gasteiger charge is 2.69. The zero-order valence-corrected chi connectivity index (χ0v) is 19.1. The monoisotopic (exact) mass is 460 g/mol. The molecule has 2 heterocycles. The molecule has 4 fully saturated rings. The molecule has 2 amide bonds. The van der Waals surface area contributed by atoms with Gasteiger partial charge in [-0.2, -0.15) is 0 Å². The zero-order valence-electron chi connectivity index (χ0n) is 19.1. The summed E-state index contributed by atoms with van der Waals surface area (Å²) >= 11 is 0. The number of carbonyl (C=O) groups excluding carboxylic acids is 2. The van der Waals surface area contributed by atoms with Crippen molar-refractivity contribution in [2.45, 2.75) is 37.6 Å². The van der Waals surface area contributed by atoms with Crippen LogP contribution in [-0.2, 0) is 14.3 Å². The summed E-state index contributed by atoms with van der Waals surface area (Å²) in [5, 5.41) is 12.5. The molecule has 0 aromatic heterocycles. The van der Waals surface area contributed by atoms with Crippen molar-refractivity contribution in [2.75, 3.05) is 19.7 Å². The lowest BCUT2D eigenvalue weighted by atomic mass is 9.63. The van der Waals surface area contributed by atoms with Crippen LogP contribution in [0.15, 0.2) is 48.5 Å². The van der Waals surface area contributed by atoms with Gasteiger partial charge < -0.3 is 20.1 Å². The Morgan fingerprint density at radius 1 is 1.06 bits per heavy atom. The Balaban J connectivity index is 1.02. The Bertz CT molecular complexity index is 1160. The average molecular weight is 461 g/mol. The van der Waals surface area contributed by atoms with E-state index in [1.807, 2.05) is 31.2 Å². The quantitative estimate of drug-likeness (QED) is 0.686. The van der Waals surface area contributed by atoms with E-state index in [1.54, 1.807) is 4.90 Å². The average Bonchev–Trinajstić information content (AvgIpc) is 3.31. The molecule has 34 heavy (non-hydrogen) atoms. The smallest absolute Gasteiger partial charge is 0.407 e. The molecule has 2 aromatic rings. The summed E-state index contributed by atoms with van der Waals surface area (Å²) in [6.45, 7) is 3.17. The van der Waals surface area contributed by atoms with Crippen LogP contribution in [0.4, 0.5) is 4.79 Å². The standard InChI is InChI=1S/C27H28N2O5/c1-26-13-27(14-26,24(31)32)29(15-26)23(30)21-10-16(21)11-28-25(33)34-12-22-19-8-4-2-6-17(19)18-7-3-5-9-20(18)22/h2-9,16,21-22H,10-15H2,1H3,(H,28,33)(H,31,32)/t16-,21-,26?,27?/m1/s1. The van der Waals surface area contributed by atoms with Crippen molar-refractivity contribution in [1.29, 1.82) is 0 Å². The third-order valence-electron chi connectivity index (χ3n) is 8.25. The van der Waals surface area contributed by atoms with Crippen LogP contribution >= 0.6 is 0 Å². The molecule has 2 N–H and O–H groups in total. The molecule has 7 heteroatoms. The number of aliphatic carboxylic acids is 1. The first kappa shape index (κ1) is 21.2. The summed E-state index contributed by atoms with van der Waals surface area (Å²) in [4.78, 5) is 38.8. The lowest BCUT2D eigenvalue weighted by Crippen LogP contribution is -2.56. The molecule has 3 aliphatic carbocycles. The zero-order chi connectivity index (χ0) is 23.7. The number of fused-ring (bicyclic) bond motifs is 4. The van der Waals surface area contributed by atoms with E-state index in [0.717, 1.165) is 11.1 Å². The third-order valence-corrected chi connectivity index (χ3v) is 8.25. The first-order valence-electron chi connectivity index (χ1n) is 12.0. The number of nitrogens with zero attached hydrogens (tertiary/aromatic N) is 1. The first-order chi connectivity index (χ1) is 16.3. The predicted octanol–water partition coefficient (Wildman–Crippen LogP) is 3.63. The van der Waals surface area contributed by atoms with Gasteiger partial charge in [0.25, 0.3) is 0 Å². The number of nitrogens with one attached hydrogen (secondary N) is 1. The molecule has 0 unspecified atom stereocenters. The fourth-order valence-electron chi connectivity index (χ4n) is 6.59. The van der Waals surface area contributed by atoms with E-state index in [0.29, 0.717) is 32.4 Å². The topological polar surface area (TPSA) is 95.9 Å². The summed E-state index contributed by atoms with van der Waals surface area (Å²) in [7, 11) is 0. The maximum Gasteiger partial charge on any atom is 0.407 e. The second-order valence-corrected chi connectivity index (χ2v) is 10.7. The number of carbonyl (C=O) groups is 3. The number of carboxylic acid groups (broad SMARTS) is 1. The first-order valence-corrected chi connectivity index (χ1v) is 12.0. The van der Waals surface area contributed by atoms with Crippen molar-refractivity contribution < 1.29 is 24.2 Å². The molecular formula is C27H28N2O5. The van der Waals surface area contributed by atoms with Crippen LogP contribution < -0.4 is 5.32 Å². The summed E-state index contributed by atoms with van der Waals surface area (Å²) < 4.78 is 5.57. The second-order valence-electron chi connectivity index (χ2n) is 10.7. The van der Waals surface area contributed by atoms with Crippen LogP contribution in [0.3, 0.4) is 0 Å². The molecule has 7 rings (SSSR count). The number of benzene rings is 2. The van der Waals surface area contributed by atoms with Gasteiger partial charge in [-0.05, 0) is 52.8 Å². The van der Waals surface area contributed by atoms with Crippen molar-refractivity contribution >= 4 is 18.0 Å². The minimum absolute atomic E-state index is 0.00336. The van der Waals surface area contributed by atoms with E-state index in [9.17, 15) is 19.5 Å². The van der Waals surface area contributed by atoms with Crippen molar-refractivity contribution in [3.8, 4) is 11.1 Å². The summed E-state index contributed by atoms with van der Waals surface area (Å²) in [6.07, 6.45) is 1.26. The van der Waals surface area contributed by atoms with Gasteiger partial charge in [0.1, 0.15) is 12.1 Å². The van der Waals surface area contributed by atoms with Crippen molar-refractivity contribution in [1.82, 2.24) is 10.2 Å². The van der Waals surface area contributed by atoms with Gasteiger partial charge in [-0.25, -0.2) is 9.59 Å². The Hall–Kier alpha value is -3.35. The number of carboxylic acids is 1. The summed E-state index contributed by atoms with van der Waals surface area (Å²) in [5.74, 6) is -1.16. The molecule has 2 aliphatic heterocycles. The predicted molar refractivity (Wildman–Crippen MR) is 124 cm³/mol. The Kier molecular flexibility index (Phi) is 4.57. The van der Waals surface area contributed by atoms with Gasteiger partial charge in [0.2, 0.25) is 5.91 Å². The van der Waals surface area contributed by atoms with Crippen LogP contribution in [0.2, 0.25) is 0 Å². The van der Waals surface area contributed by atoms with E-state index in [2.05, 4.69) is 29.6 Å². The van der Waals surface area contributed by atoms with Crippen LogP contribution in [0, 0.1) is 17.3 Å². The Morgan fingerprint density at radius 2 is 1.68 bits per heavy atom.